The number of rotatable bonds is 2. The molecule has 0 fully saturated rings. The highest BCUT2D eigenvalue weighted by Gasteiger charge is 2.03. The zero-order valence-electron chi connectivity index (χ0n) is 6.57. The summed E-state index contributed by atoms with van der Waals surface area (Å²) in [6, 6.07) is 3.17. The topological polar surface area (TPSA) is 77.2 Å². The lowest BCUT2D eigenvalue weighted by molar-refractivity contribution is 0.0600. The van der Waals surface area contributed by atoms with Crippen LogP contribution >= 0.6 is 0 Å². The second kappa shape index (κ2) is 3.68. The van der Waals surface area contributed by atoms with E-state index in [1.165, 1.54) is 13.3 Å². The molecule has 1 aromatic heterocycles. The van der Waals surface area contributed by atoms with Crippen LogP contribution in [0.15, 0.2) is 18.3 Å². The number of nitrogens with zero attached hydrogens (tertiary/aromatic N) is 1. The molecule has 5 nitrogen and oxygen atoms in total. The lowest BCUT2D eigenvalue weighted by atomic mass is 10.3. The highest BCUT2D eigenvalue weighted by molar-refractivity contribution is 5.89. The first-order valence-corrected chi connectivity index (χ1v) is 3.29. The molecule has 0 aliphatic rings. The Balaban J connectivity index is 2.84. The van der Waals surface area contributed by atoms with E-state index < -0.39 is 5.97 Å². The summed E-state index contributed by atoms with van der Waals surface area (Å²) in [5.41, 5.74) is 2.75. The van der Waals surface area contributed by atoms with Crippen molar-refractivity contribution in [3.05, 3.63) is 23.9 Å². The molecule has 12 heavy (non-hydrogen) atoms. The average molecular weight is 167 g/mol. The third-order valence-corrected chi connectivity index (χ3v) is 1.33. The zero-order valence-corrected chi connectivity index (χ0v) is 6.57. The first-order chi connectivity index (χ1) is 5.77. The summed E-state index contributed by atoms with van der Waals surface area (Å²) in [5.74, 6) is 5.17. The number of nitrogens with one attached hydrogen (secondary N) is 1. The van der Waals surface area contributed by atoms with E-state index in [4.69, 9.17) is 5.84 Å². The molecule has 1 rings (SSSR count). The number of nitrogens with two attached hydrogens (primary N) is 1. The molecule has 0 unspecified atom stereocenters. The Bertz CT molecular complexity index is 270. The molecule has 0 atom stereocenters. The number of anilines is 1. The summed E-state index contributed by atoms with van der Waals surface area (Å²) in [6.07, 6.45) is 1.39. The number of carbonyl (C=O) groups excluding carboxylic acids is 1. The molecule has 1 heterocycles. The maximum Gasteiger partial charge on any atom is 0.339 e. The van der Waals surface area contributed by atoms with Crippen LogP contribution in [0.25, 0.3) is 0 Å². The second-order valence-electron chi connectivity index (χ2n) is 2.07. The van der Waals surface area contributed by atoms with E-state index in [0.29, 0.717) is 11.4 Å². The number of methoxy groups -OCH3 is 1. The van der Waals surface area contributed by atoms with Gasteiger partial charge in [0.15, 0.2) is 0 Å². The van der Waals surface area contributed by atoms with Crippen LogP contribution in [0.2, 0.25) is 0 Å². The van der Waals surface area contributed by atoms with E-state index in [2.05, 4.69) is 15.1 Å². The second-order valence-corrected chi connectivity index (χ2v) is 2.07. The number of pyridine rings is 1. The molecule has 0 aliphatic carbocycles. The normalized spacial score (nSPS) is 9.17. The molecule has 0 aliphatic heterocycles. The highest BCUT2D eigenvalue weighted by Crippen LogP contribution is 2.03. The molecule has 0 saturated heterocycles. The smallest absolute Gasteiger partial charge is 0.339 e. The van der Waals surface area contributed by atoms with E-state index in [0.717, 1.165) is 0 Å². The lowest BCUT2D eigenvalue weighted by Crippen LogP contribution is -2.09. The molecule has 0 bridgehead atoms. The fraction of sp³-hybridized carbons (Fsp3) is 0.143. The minimum atomic E-state index is -0.411. The van der Waals surface area contributed by atoms with Gasteiger partial charge in [0.05, 0.1) is 12.7 Å². The van der Waals surface area contributed by atoms with Crippen molar-refractivity contribution in [2.75, 3.05) is 12.5 Å². The van der Waals surface area contributed by atoms with Crippen LogP contribution < -0.4 is 11.3 Å². The minimum Gasteiger partial charge on any atom is -0.465 e. The number of hydrogen-bond donors (Lipinski definition) is 2. The quantitative estimate of drug-likeness (QED) is 0.372. The van der Waals surface area contributed by atoms with Gasteiger partial charge in [0, 0.05) is 6.20 Å². The van der Waals surface area contributed by atoms with Crippen molar-refractivity contribution in [1.82, 2.24) is 4.98 Å². The first kappa shape index (κ1) is 8.48. The van der Waals surface area contributed by atoms with Gasteiger partial charge in [-0.25, -0.2) is 15.6 Å². The third kappa shape index (κ3) is 1.70. The number of hydrazine groups is 1. The molecular weight excluding hydrogens is 158 g/mol. The van der Waals surface area contributed by atoms with Gasteiger partial charge in [-0.3, -0.25) is 0 Å². The van der Waals surface area contributed by atoms with E-state index >= 15 is 0 Å². The molecule has 64 valence electrons. The van der Waals surface area contributed by atoms with Gasteiger partial charge in [0.25, 0.3) is 0 Å². The van der Waals surface area contributed by atoms with Crippen LogP contribution in [0.3, 0.4) is 0 Å². The predicted molar refractivity (Wildman–Crippen MR) is 43.4 cm³/mol. The zero-order chi connectivity index (χ0) is 8.97. The highest BCUT2D eigenvalue weighted by atomic mass is 16.5. The number of hydrogen-bond acceptors (Lipinski definition) is 5. The van der Waals surface area contributed by atoms with Gasteiger partial charge in [-0.05, 0) is 12.1 Å². The van der Waals surface area contributed by atoms with Crippen LogP contribution in [0, 0.1) is 0 Å². The SMILES string of the molecule is COC(=O)c1ccc(NN)nc1. The predicted octanol–water partition coefficient (Wildman–Crippen LogP) is 0.154. The lowest BCUT2D eigenvalue weighted by Gasteiger charge is -1.99. The monoisotopic (exact) mass is 167 g/mol. The molecule has 0 amide bonds. The van der Waals surface area contributed by atoms with Crippen molar-refractivity contribution in [3.8, 4) is 0 Å². The van der Waals surface area contributed by atoms with Crippen molar-refractivity contribution in [2.45, 2.75) is 0 Å². The van der Waals surface area contributed by atoms with E-state index in [-0.39, 0.29) is 0 Å². The Labute approximate surface area is 69.5 Å². The Morgan fingerprint density at radius 3 is 2.83 bits per heavy atom. The fourth-order valence-corrected chi connectivity index (χ4v) is 0.718. The van der Waals surface area contributed by atoms with Crippen LogP contribution in [-0.2, 0) is 4.74 Å². The molecular formula is C7H9N3O2. The Hall–Kier alpha value is -1.62. The van der Waals surface area contributed by atoms with E-state index in [9.17, 15) is 4.79 Å². The number of aromatic nitrogens is 1. The van der Waals surface area contributed by atoms with Crippen LogP contribution in [-0.4, -0.2) is 18.1 Å². The molecule has 0 saturated carbocycles. The molecule has 0 spiro atoms. The largest absolute Gasteiger partial charge is 0.465 e. The molecule has 1 aromatic rings. The van der Waals surface area contributed by atoms with Crippen molar-refractivity contribution in [1.29, 1.82) is 0 Å². The number of ether oxygens (including phenoxy) is 1. The van der Waals surface area contributed by atoms with Gasteiger partial charge >= 0.3 is 5.97 Å². The summed E-state index contributed by atoms with van der Waals surface area (Å²) < 4.78 is 4.48. The third-order valence-electron chi connectivity index (χ3n) is 1.33. The van der Waals surface area contributed by atoms with Gasteiger partial charge in [0.1, 0.15) is 5.82 Å². The van der Waals surface area contributed by atoms with Crippen LogP contribution in [0.1, 0.15) is 10.4 Å². The van der Waals surface area contributed by atoms with Gasteiger partial charge < -0.3 is 10.2 Å². The summed E-state index contributed by atoms with van der Waals surface area (Å²) in [5, 5.41) is 0. The van der Waals surface area contributed by atoms with Crippen molar-refractivity contribution in [3.63, 3.8) is 0 Å². The Morgan fingerprint density at radius 1 is 1.67 bits per heavy atom. The fourth-order valence-electron chi connectivity index (χ4n) is 0.718. The summed E-state index contributed by atoms with van der Waals surface area (Å²) >= 11 is 0. The van der Waals surface area contributed by atoms with Crippen molar-refractivity contribution in [2.24, 2.45) is 5.84 Å². The molecule has 0 aromatic carbocycles. The van der Waals surface area contributed by atoms with Gasteiger partial charge in [-0.1, -0.05) is 0 Å². The standard InChI is InChI=1S/C7H9N3O2/c1-12-7(11)5-2-3-6(10-8)9-4-5/h2-4H,8H2,1H3,(H,9,10). The number of esters is 1. The summed E-state index contributed by atoms with van der Waals surface area (Å²) in [4.78, 5) is 14.7. The van der Waals surface area contributed by atoms with Crippen LogP contribution in [0.4, 0.5) is 5.82 Å². The van der Waals surface area contributed by atoms with Gasteiger partial charge in [-0.2, -0.15) is 0 Å². The minimum absolute atomic E-state index is 0.400. The summed E-state index contributed by atoms with van der Waals surface area (Å²) in [7, 11) is 1.32. The molecule has 0 radical (unpaired) electrons. The van der Waals surface area contributed by atoms with Crippen LogP contribution in [0.5, 0.6) is 0 Å². The molecule has 5 heteroatoms. The average Bonchev–Trinajstić information content (AvgIpc) is 2.17. The van der Waals surface area contributed by atoms with E-state index in [1.54, 1.807) is 12.1 Å². The Morgan fingerprint density at radius 2 is 2.42 bits per heavy atom. The molecule has 3 N–H and O–H groups in total. The number of nitrogen functional groups attached to an aromatic ring is 1. The maximum absolute atomic E-state index is 10.9. The van der Waals surface area contributed by atoms with Crippen molar-refractivity contribution >= 4 is 11.8 Å². The first-order valence-electron chi connectivity index (χ1n) is 3.29. The van der Waals surface area contributed by atoms with Crippen molar-refractivity contribution < 1.29 is 9.53 Å². The van der Waals surface area contributed by atoms with Gasteiger partial charge in [-0.15, -0.1) is 0 Å². The maximum atomic E-state index is 10.9. The van der Waals surface area contributed by atoms with Gasteiger partial charge in [0.2, 0.25) is 0 Å². The summed E-state index contributed by atoms with van der Waals surface area (Å²) in [6.45, 7) is 0. The number of carbonyl (C=O) groups is 1. The van der Waals surface area contributed by atoms with E-state index in [1.807, 2.05) is 0 Å². The Kier molecular flexibility index (Phi) is 2.60.